The molecule has 1 amide bonds. The molecule has 0 aliphatic heterocycles. The predicted molar refractivity (Wildman–Crippen MR) is 66.2 cm³/mol. The summed E-state index contributed by atoms with van der Waals surface area (Å²) >= 11 is 0. The van der Waals surface area contributed by atoms with Crippen LogP contribution in [0.1, 0.15) is 30.9 Å². The minimum atomic E-state index is 0.0433. The van der Waals surface area contributed by atoms with Gasteiger partial charge in [-0.05, 0) is 25.8 Å². The summed E-state index contributed by atoms with van der Waals surface area (Å²) in [6, 6.07) is 2.17. The highest BCUT2D eigenvalue weighted by Crippen LogP contribution is 2.23. The summed E-state index contributed by atoms with van der Waals surface area (Å²) in [5.74, 6) is 1.69. The van der Waals surface area contributed by atoms with E-state index in [4.69, 9.17) is 8.83 Å². The fourth-order valence-corrected chi connectivity index (χ4v) is 1.82. The van der Waals surface area contributed by atoms with Crippen molar-refractivity contribution in [3.05, 3.63) is 24.0 Å². The van der Waals surface area contributed by atoms with E-state index in [9.17, 15) is 4.79 Å². The maximum atomic E-state index is 11.5. The van der Waals surface area contributed by atoms with E-state index in [2.05, 4.69) is 15.5 Å². The smallest absolute Gasteiger partial charge is 0.251 e. The molecule has 0 atom stereocenters. The van der Waals surface area contributed by atoms with Crippen molar-refractivity contribution in [3.8, 4) is 11.5 Å². The second-order valence-electron chi connectivity index (χ2n) is 4.73. The van der Waals surface area contributed by atoms with Crippen LogP contribution in [0, 0.1) is 6.92 Å². The largest absolute Gasteiger partial charge is 0.469 e. The molecule has 0 bridgehead atoms. The lowest BCUT2D eigenvalue weighted by atomic mass is 10.2. The van der Waals surface area contributed by atoms with Crippen molar-refractivity contribution in [1.82, 2.24) is 15.5 Å². The van der Waals surface area contributed by atoms with E-state index in [1.807, 2.05) is 6.92 Å². The second kappa shape index (κ2) is 4.87. The Bertz CT molecular complexity index is 583. The van der Waals surface area contributed by atoms with Crippen LogP contribution in [0.15, 0.2) is 21.2 Å². The minimum absolute atomic E-state index is 0.0433. The predicted octanol–water partition coefficient (Wildman–Crippen LogP) is 1.85. The van der Waals surface area contributed by atoms with Crippen molar-refractivity contribution >= 4 is 5.91 Å². The van der Waals surface area contributed by atoms with Gasteiger partial charge in [0.25, 0.3) is 5.89 Å². The zero-order valence-corrected chi connectivity index (χ0v) is 10.7. The zero-order chi connectivity index (χ0) is 13.2. The van der Waals surface area contributed by atoms with E-state index >= 15 is 0 Å². The number of hydrogen-bond acceptors (Lipinski definition) is 5. The SMILES string of the molecule is Cc1occc1-c1nnc(CCC(=O)NC2CC2)o1. The molecular weight excluding hydrogens is 246 g/mol. The molecule has 0 radical (unpaired) electrons. The molecule has 6 nitrogen and oxygen atoms in total. The summed E-state index contributed by atoms with van der Waals surface area (Å²) in [5.41, 5.74) is 0.793. The molecule has 0 unspecified atom stereocenters. The highest BCUT2D eigenvalue weighted by atomic mass is 16.4. The number of amides is 1. The molecule has 2 aromatic rings. The van der Waals surface area contributed by atoms with Gasteiger partial charge in [0.1, 0.15) is 5.76 Å². The summed E-state index contributed by atoms with van der Waals surface area (Å²) < 4.78 is 10.7. The summed E-state index contributed by atoms with van der Waals surface area (Å²) in [7, 11) is 0. The summed E-state index contributed by atoms with van der Waals surface area (Å²) in [6.07, 6.45) is 4.61. The molecule has 1 aliphatic rings. The number of carbonyl (C=O) groups excluding carboxylic acids is 1. The molecule has 0 aromatic carbocycles. The van der Waals surface area contributed by atoms with Crippen molar-refractivity contribution < 1.29 is 13.6 Å². The van der Waals surface area contributed by atoms with Crippen molar-refractivity contribution in [3.63, 3.8) is 0 Å². The van der Waals surface area contributed by atoms with Crippen molar-refractivity contribution in [2.75, 3.05) is 0 Å². The van der Waals surface area contributed by atoms with Gasteiger partial charge in [-0.1, -0.05) is 0 Å². The molecule has 0 saturated heterocycles. The van der Waals surface area contributed by atoms with E-state index in [0.717, 1.165) is 24.2 Å². The van der Waals surface area contributed by atoms with Gasteiger partial charge in [0.05, 0.1) is 11.8 Å². The number of aryl methyl sites for hydroxylation is 2. The van der Waals surface area contributed by atoms with Crippen LogP contribution in [-0.4, -0.2) is 22.1 Å². The highest BCUT2D eigenvalue weighted by molar-refractivity contribution is 5.76. The Balaban J connectivity index is 1.58. The van der Waals surface area contributed by atoms with Crippen LogP contribution < -0.4 is 5.32 Å². The molecule has 1 aliphatic carbocycles. The Morgan fingerprint density at radius 1 is 1.47 bits per heavy atom. The molecule has 3 rings (SSSR count). The van der Waals surface area contributed by atoms with E-state index in [-0.39, 0.29) is 5.91 Å². The van der Waals surface area contributed by atoms with Gasteiger partial charge in [0, 0.05) is 18.9 Å². The second-order valence-corrected chi connectivity index (χ2v) is 4.73. The van der Waals surface area contributed by atoms with Gasteiger partial charge < -0.3 is 14.2 Å². The van der Waals surface area contributed by atoms with Gasteiger partial charge in [-0.3, -0.25) is 4.79 Å². The average Bonchev–Trinajstić information content (AvgIpc) is 2.90. The van der Waals surface area contributed by atoms with E-state index in [1.54, 1.807) is 12.3 Å². The van der Waals surface area contributed by atoms with Gasteiger partial charge in [-0.2, -0.15) is 0 Å². The van der Waals surface area contributed by atoms with Crippen LogP contribution in [0.5, 0.6) is 0 Å². The molecule has 0 spiro atoms. The number of nitrogens with one attached hydrogen (secondary N) is 1. The minimum Gasteiger partial charge on any atom is -0.469 e. The van der Waals surface area contributed by atoms with Crippen LogP contribution in [-0.2, 0) is 11.2 Å². The first kappa shape index (κ1) is 12.0. The van der Waals surface area contributed by atoms with Gasteiger partial charge in [0.2, 0.25) is 11.8 Å². The number of rotatable bonds is 5. The maximum absolute atomic E-state index is 11.5. The molecular formula is C13H15N3O3. The Labute approximate surface area is 110 Å². The van der Waals surface area contributed by atoms with Crippen LogP contribution in [0.3, 0.4) is 0 Å². The number of carbonyl (C=O) groups is 1. The van der Waals surface area contributed by atoms with Crippen LogP contribution in [0.25, 0.3) is 11.5 Å². The average molecular weight is 261 g/mol. The Morgan fingerprint density at radius 2 is 2.32 bits per heavy atom. The van der Waals surface area contributed by atoms with Crippen LogP contribution in [0.2, 0.25) is 0 Å². The first-order valence-electron chi connectivity index (χ1n) is 6.38. The topological polar surface area (TPSA) is 81.2 Å². The fraction of sp³-hybridized carbons (Fsp3) is 0.462. The fourth-order valence-electron chi connectivity index (χ4n) is 1.82. The number of hydrogen-bond donors (Lipinski definition) is 1. The lowest BCUT2D eigenvalue weighted by molar-refractivity contribution is -0.121. The van der Waals surface area contributed by atoms with Crippen molar-refractivity contribution in [1.29, 1.82) is 0 Å². The van der Waals surface area contributed by atoms with Crippen molar-refractivity contribution in [2.45, 2.75) is 38.6 Å². The number of furan rings is 1. The third kappa shape index (κ3) is 2.83. The Morgan fingerprint density at radius 3 is 3.00 bits per heavy atom. The van der Waals surface area contributed by atoms with Crippen LogP contribution >= 0.6 is 0 Å². The monoisotopic (exact) mass is 261 g/mol. The van der Waals surface area contributed by atoms with Gasteiger partial charge >= 0.3 is 0 Å². The van der Waals surface area contributed by atoms with Gasteiger partial charge in [-0.15, -0.1) is 10.2 Å². The highest BCUT2D eigenvalue weighted by Gasteiger charge is 2.23. The molecule has 1 saturated carbocycles. The van der Waals surface area contributed by atoms with Crippen LogP contribution in [0.4, 0.5) is 0 Å². The molecule has 6 heteroatoms. The van der Waals surface area contributed by atoms with E-state index in [0.29, 0.717) is 30.7 Å². The first-order valence-corrected chi connectivity index (χ1v) is 6.38. The maximum Gasteiger partial charge on any atom is 0.251 e. The molecule has 19 heavy (non-hydrogen) atoms. The van der Waals surface area contributed by atoms with Gasteiger partial charge in [-0.25, -0.2) is 0 Å². The lowest BCUT2D eigenvalue weighted by Gasteiger charge is -2.00. The quantitative estimate of drug-likeness (QED) is 0.888. The zero-order valence-electron chi connectivity index (χ0n) is 10.7. The molecule has 1 fully saturated rings. The standard InChI is InChI=1S/C13H15N3O3/c1-8-10(6-7-18-8)13-16-15-12(19-13)5-4-11(17)14-9-2-3-9/h6-7,9H,2-5H2,1H3,(H,14,17). The molecule has 2 aromatic heterocycles. The summed E-state index contributed by atoms with van der Waals surface area (Å²) in [4.78, 5) is 11.5. The number of aromatic nitrogens is 2. The third-order valence-corrected chi connectivity index (χ3v) is 3.06. The van der Waals surface area contributed by atoms with Gasteiger partial charge in [0.15, 0.2) is 0 Å². The van der Waals surface area contributed by atoms with E-state index < -0.39 is 0 Å². The van der Waals surface area contributed by atoms with Crippen molar-refractivity contribution in [2.24, 2.45) is 0 Å². The molecule has 1 N–H and O–H groups in total. The summed E-state index contributed by atoms with van der Waals surface area (Å²) in [5, 5.41) is 10.8. The third-order valence-electron chi connectivity index (χ3n) is 3.06. The van der Waals surface area contributed by atoms with E-state index in [1.165, 1.54) is 0 Å². The molecule has 2 heterocycles. The normalized spacial score (nSPS) is 14.6. The molecule has 100 valence electrons. The number of nitrogens with zero attached hydrogens (tertiary/aromatic N) is 2. The lowest BCUT2D eigenvalue weighted by Crippen LogP contribution is -2.25. The Hall–Kier alpha value is -2.11. The summed E-state index contributed by atoms with van der Waals surface area (Å²) in [6.45, 7) is 1.84. The Kier molecular flexibility index (Phi) is 3.06. The first-order chi connectivity index (χ1) is 9.22.